The summed E-state index contributed by atoms with van der Waals surface area (Å²) in [7, 11) is -3.45. The first-order valence-electron chi connectivity index (χ1n) is 7.01. The molecule has 1 aromatic carbocycles. The van der Waals surface area contributed by atoms with Crippen molar-refractivity contribution in [1.29, 1.82) is 0 Å². The Morgan fingerprint density at radius 2 is 1.96 bits per heavy atom. The molecule has 7 nitrogen and oxygen atoms in total. The highest BCUT2D eigenvalue weighted by atomic mass is 32.2. The van der Waals surface area contributed by atoms with Crippen molar-refractivity contribution < 1.29 is 23.1 Å². The van der Waals surface area contributed by atoms with Crippen molar-refractivity contribution in [3.8, 4) is 0 Å². The van der Waals surface area contributed by atoms with Crippen LogP contribution >= 0.6 is 0 Å². The van der Waals surface area contributed by atoms with Gasteiger partial charge in [0.2, 0.25) is 5.91 Å². The van der Waals surface area contributed by atoms with Crippen LogP contribution in [0.3, 0.4) is 0 Å². The minimum Gasteiger partial charge on any atom is -0.480 e. The highest BCUT2D eigenvalue weighted by molar-refractivity contribution is 7.92. The van der Waals surface area contributed by atoms with Crippen LogP contribution in [0.2, 0.25) is 0 Å². The molecule has 124 valence electrons. The lowest BCUT2D eigenvalue weighted by Gasteiger charge is -2.09. The fourth-order valence-corrected chi connectivity index (χ4v) is 2.88. The van der Waals surface area contributed by atoms with E-state index in [4.69, 9.17) is 5.11 Å². The van der Waals surface area contributed by atoms with Crippen LogP contribution in [0.1, 0.15) is 13.8 Å². The van der Waals surface area contributed by atoms with Crippen LogP contribution in [0.25, 0.3) is 10.9 Å². The molecule has 0 saturated carbocycles. The number of carbonyl (C=O) groups excluding carboxylic acids is 1. The number of benzene rings is 1. The van der Waals surface area contributed by atoms with E-state index in [9.17, 15) is 18.0 Å². The maximum absolute atomic E-state index is 11.8. The molecule has 0 aliphatic rings. The minimum absolute atomic E-state index is 0.151. The number of carboxylic acids is 1. The van der Waals surface area contributed by atoms with E-state index >= 15 is 0 Å². The fourth-order valence-electron chi connectivity index (χ4n) is 2.11. The molecule has 0 bridgehead atoms. The molecular weight excluding hydrogens is 320 g/mol. The Morgan fingerprint density at radius 1 is 1.26 bits per heavy atom. The molecule has 0 aliphatic heterocycles. The van der Waals surface area contributed by atoms with Gasteiger partial charge in [0, 0.05) is 22.8 Å². The van der Waals surface area contributed by atoms with Crippen LogP contribution < -0.4 is 5.32 Å². The predicted molar refractivity (Wildman–Crippen MR) is 87.1 cm³/mol. The predicted octanol–water partition coefficient (Wildman–Crippen LogP) is 1.49. The standard InChI is InChI=1S/C15H18N2O5S/c1-10(2)23(21,22)9-14(18)16-12-3-4-13-11(7-12)5-6-17(13)8-15(19)20/h3-7,10H,8-9H2,1-2H3,(H,16,18)(H,19,20). The van der Waals surface area contributed by atoms with E-state index in [0.29, 0.717) is 5.69 Å². The first-order chi connectivity index (χ1) is 10.7. The Morgan fingerprint density at radius 3 is 2.57 bits per heavy atom. The molecule has 2 rings (SSSR count). The quantitative estimate of drug-likeness (QED) is 0.830. The molecule has 2 N–H and O–H groups in total. The molecule has 0 aliphatic carbocycles. The highest BCUT2D eigenvalue weighted by Gasteiger charge is 2.20. The molecule has 0 unspecified atom stereocenters. The van der Waals surface area contributed by atoms with Gasteiger partial charge in [-0.25, -0.2) is 8.42 Å². The highest BCUT2D eigenvalue weighted by Crippen LogP contribution is 2.20. The number of amides is 1. The Bertz CT molecular complexity index is 852. The third kappa shape index (κ3) is 4.10. The summed E-state index contributed by atoms with van der Waals surface area (Å²) in [6.07, 6.45) is 1.65. The summed E-state index contributed by atoms with van der Waals surface area (Å²) in [5, 5.41) is 11.5. The number of carboxylic acid groups (broad SMARTS) is 1. The molecule has 0 atom stereocenters. The van der Waals surface area contributed by atoms with Gasteiger partial charge in [0.25, 0.3) is 0 Å². The summed E-state index contributed by atoms with van der Waals surface area (Å²) in [6.45, 7) is 2.90. The SMILES string of the molecule is CC(C)S(=O)(=O)CC(=O)Nc1ccc2c(ccn2CC(=O)O)c1. The van der Waals surface area contributed by atoms with Crippen LogP contribution in [0.4, 0.5) is 5.69 Å². The summed E-state index contributed by atoms with van der Waals surface area (Å²) in [6, 6.07) is 6.71. The molecule has 1 aromatic heterocycles. The van der Waals surface area contributed by atoms with Crippen LogP contribution in [0.15, 0.2) is 30.5 Å². The summed E-state index contributed by atoms with van der Waals surface area (Å²) in [5.74, 6) is -2.11. The van der Waals surface area contributed by atoms with Gasteiger partial charge >= 0.3 is 5.97 Å². The van der Waals surface area contributed by atoms with Crippen molar-refractivity contribution in [3.63, 3.8) is 0 Å². The Hall–Kier alpha value is -2.35. The number of sulfone groups is 1. The lowest BCUT2D eigenvalue weighted by molar-refractivity contribution is -0.137. The van der Waals surface area contributed by atoms with E-state index < -0.39 is 32.7 Å². The maximum Gasteiger partial charge on any atom is 0.323 e. The molecule has 1 amide bonds. The number of nitrogens with one attached hydrogen (secondary N) is 1. The molecule has 23 heavy (non-hydrogen) atoms. The second kappa shape index (κ2) is 6.41. The van der Waals surface area contributed by atoms with Crippen molar-refractivity contribution in [2.24, 2.45) is 0 Å². The Balaban J connectivity index is 2.16. The summed E-state index contributed by atoms with van der Waals surface area (Å²) in [5.41, 5.74) is 1.19. The van der Waals surface area contributed by atoms with Gasteiger partial charge in [-0.1, -0.05) is 0 Å². The minimum atomic E-state index is -3.45. The molecule has 1 heterocycles. The third-order valence-electron chi connectivity index (χ3n) is 3.41. The first-order valence-corrected chi connectivity index (χ1v) is 8.72. The number of aromatic nitrogens is 1. The lowest BCUT2D eigenvalue weighted by atomic mass is 10.2. The zero-order chi connectivity index (χ0) is 17.2. The molecule has 2 aromatic rings. The number of carbonyl (C=O) groups is 2. The van der Waals surface area contributed by atoms with E-state index in [2.05, 4.69) is 5.32 Å². The van der Waals surface area contributed by atoms with Gasteiger partial charge in [0.05, 0.1) is 5.25 Å². The van der Waals surface area contributed by atoms with Gasteiger partial charge in [-0.05, 0) is 38.1 Å². The van der Waals surface area contributed by atoms with Gasteiger partial charge in [-0.3, -0.25) is 9.59 Å². The second-order valence-electron chi connectivity index (χ2n) is 5.52. The lowest BCUT2D eigenvalue weighted by Crippen LogP contribution is -2.27. The van der Waals surface area contributed by atoms with Crippen LogP contribution in [-0.2, 0) is 26.0 Å². The van der Waals surface area contributed by atoms with E-state index in [1.807, 2.05) is 0 Å². The monoisotopic (exact) mass is 338 g/mol. The summed E-state index contributed by atoms with van der Waals surface area (Å²) in [4.78, 5) is 22.6. The smallest absolute Gasteiger partial charge is 0.323 e. The van der Waals surface area contributed by atoms with Gasteiger partial charge in [-0.2, -0.15) is 0 Å². The molecule has 0 spiro atoms. The van der Waals surface area contributed by atoms with Crippen molar-refractivity contribution in [3.05, 3.63) is 30.5 Å². The largest absolute Gasteiger partial charge is 0.480 e. The number of rotatable bonds is 6. The number of hydrogen-bond donors (Lipinski definition) is 2. The number of hydrogen-bond acceptors (Lipinski definition) is 4. The van der Waals surface area contributed by atoms with Gasteiger partial charge in [-0.15, -0.1) is 0 Å². The van der Waals surface area contributed by atoms with Crippen molar-refractivity contribution in [2.45, 2.75) is 25.6 Å². The van der Waals surface area contributed by atoms with E-state index in [0.717, 1.165) is 10.9 Å². The average molecular weight is 338 g/mol. The molecule has 8 heteroatoms. The normalized spacial score (nSPS) is 11.8. The average Bonchev–Trinajstić information content (AvgIpc) is 2.79. The molecule has 0 radical (unpaired) electrons. The van der Waals surface area contributed by atoms with Gasteiger partial charge in [0.1, 0.15) is 12.3 Å². The maximum atomic E-state index is 11.8. The summed E-state index contributed by atoms with van der Waals surface area (Å²) >= 11 is 0. The topological polar surface area (TPSA) is 105 Å². The number of aliphatic carboxylic acids is 1. The first kappa shape index (κ1) is 17.0. The molecule has 0 fully saturated rings. The van der Waals surface area contributed by atoms with Crippen LogP contribution in [0, 0.1) is 0 Å². The van der Waals surface area contributed by atoms with Crippen molar-refractivity contribution in [2.75, 3.05) is 11.1 Å². The van der Waals surface area contributed by atoms with Crippen molar-refractivity contribution in [1.82, 2.24) is 4.57 Å². The van der Waals surface area contributed by atoms with Crippen molar-refractivity contribution >= 4 is 38.3 Å². The number of nitrogens with zero attached hydrogens (tertiary/aromatic N) is 1. The van der Waals surface area contributed by atoms with E-state index in [1.165, 1.54) is 13.8 Å². The number of fused-ring (bicyclic) bond motifs is 1. The van der Waals surface area contributed by atoms with E-state index in [-0.39, 0.29) is 6.54 Å². The Kier molecular flexibility index (Phi) is 4.74. The van der Waals surface area contributed by atoms with E-state index in [1.54, 1.807) is 35.0 Å². The fraction of sp³-hybridized carbons (Fsp3) is 0.333. The third-order valence-corrected chi connectivity index (χ3v) is 5.51. The number of anilines is 1. The zero-order valence-electron chi connectivity index (χ0n) is 12.8. The molecular formula is C15H18N2O5S. The van der Waals surface area contributed by atoms with Gasteiger partial charge in [0.15, 0.2) is 9.84 Å². The van der Waals surface area contributed by atoms with Gasteiger partial charge < -0.3 is 15.0 Å². The zero-order valence-corrected chi connectivity index (χ0v) is 13.6. The van der Waals surface area contributed by atoms with Crippen LogP contribution in [-0.4, -0.2) is 41.0 Å². The second-order valence-corrected chi connectivity index (χ2v) is 8.07. The Labute approximate surface area is 133 Å². The van der Waals surface area contributed by atoms with Crippen LogP contribution in [0.5, 0.6) is 0 Å². The molecule has 0 saturated heterocycles. The summed E-state index contributed by atoms with van der Waals surface area (Å²) < 4.78 is 25.0.